The van der Waals surface area contributed by atoms with Crippen LogP contribution < -0.4 is 4.90 Å². The van der Waals surface area contributed by atoms with Crippen LogP contribution >= 0.6 is 35.5 Å². The Hall–Kier alpha value is -1.60. The molecule has 3 rings (SSSR count). The van der Waals surface area contributed by atoms with Gasteiger partial charge in [-0.3, -0.25) is 9.69 Å². The van der Waals surface area contributed by atoms with E-state index in [0.29, 0.717) is 6.54 Å². The molecule has 0 aliphatic carbocycles. The standard InChI is InChI=1S/C23H29N3OS2.ClH/c1-6-28-19-10-7-9-18(15-19)22(27)26(14-8-13-25(4)5)23-24-21-17(3)16(2)11-12-20(21)29-23;/h7,9-12,15H,6,8,13-14H2,1-5H3;1H. The molecule has 3 aromatic rings. The van der Waals surface area contributed by atoms with Gasteiger partial charge in [0.2, 0.25) is 0 Å². The first-order valence-electron chi connectivity index (χ1n) is 9.97. The molecule has 0 aliphatic heterocycles. The molecule has 0 spiro atoms. The largest absolute Gasteiger partial charge is 0.309 e. The number of thiazole rings is 1. The molecule has 0 saturated heterocycles. The zero-order valence-corrected chi connectivity index (χ0v) is 20.7. The summed E-state index contributed by atoms with van der Waals surface area (Å²) >= 11 is 3.35. The fraction of sp³-hybridized carbons (Fsp3) is 0.391. The van der Waals surface area contributed by atoms with Crippen molar-refractivity contribution in [3.63, 3.8) is 0 Å². The Morgan fingerprint density at radius 2 is 1.90 bits per heavy atom. The molecule has 0 fully saturated rings. The minimum absolute atomic E-state index is 0. The van der Waals surface area contributed by atoms with Crippen LogP contribution in [0.25, 0.3) is 10.2 Å². The van der Waals surface area contributed by atoms with Gasteiger partial charge in [0.05, 0.1) is 10.2 Å². The van der Waals surface area contributed by atoms with Gasteiger partial charge in [0.1, 0.15) is 0 Å². The number of rotatable bonds is 8. The summed E-state index contributed by atoms with van der Waals surface area (Å²) in [5.41, 5.74) is 4.14. The summed E-state index contributed by atoms with van der Waals surface area (Å²) in [4.78, 5) is 23.5. The number of thioether (sulfide) groups is 1. The van der Waals surface area contributed by atoms with Crippen molar-refractivity contribution in [1.29, 1.82) is 0 Å². The number of hydrogen-bond acceptors (Lipinski definition) is 5. The van der Waals surface area contributed by atoms with Crippen LogP contribution in [0.3, 0.4) is 0 Å². The Labute approximate surface area is 194 Å². The quantitative estimate of drug-likeness (QED) is 0.381. The van der Waals surface area contributed by atoms with Crippen molar-refractivity contribution in [2.75, 3.05) is 37.8 Å². The Morgan fingerprint density at radius 1 is 1.13 bits per heavy atom. The third-order valence-electron chi connectivity index (χ3n) is 4.93. The number of hydrogen-bond donors (Lipinski definition) is 0. The number of aromatic nitrogens is 1. The van der Waals surface area contributed by atoms with Gasteiger partial charge in [-0.1, -0.05) is 30.4 Å². The summed E-state index contributed by atoms with van der Waals surface area (Å²) < 4.78 is 1.13. The Balaban J connectivity index is 0.00000320. The third-order valence-corrected chi connectivity index (χ3v) is 6.85. The average molecular weight is 464 g/mol. The molecular formula is C23H30ClN3OS2. The molecule has 4 nitrogen and oxygen atoms in total. The van der Waals surface area contributed by atoms with Crippen molar-refractivity contribution in [2.45, 2.75) is 32.1 Å². The van der Waals surface area contributed by atoms with E-state index in [9.17, 15) is 4.79 Å². The number of benzene rings is 2. The minimum atomic E-state index is 0. The van der Waals surface area contributed by atoms with Gasteiger partial charge in [0, 0.05) is 17.0 Å². The lowest BCUT2D eigenvalue weighted by Crippen LogP contribution is -2.33. The molecule has 0 bridgehead atoms. The monoisotopic (exact) mass is 463 g/mol. The van der Waals surface area contributed by atoms with Gasteiger partial charge in [0.25, 0.3) is 5.91 Å². The summed E-state index contributed by atoms with van der Waals surface area (Å²) in [7, 11) is 4.11. The van der Waals surface area contributed by atoms with E-state index in [1.54, 1.807) is 23.1 Å². The highest BCUT2D eigenvalue weighted by molar-refractivity contribution is 7.99. The molecule has 0 N–H and O–H groups in total. The van der Waals surface area contributed by atoms with Crippen LogP contribution in [-0.2, 0) is 0 Å². The number of carbonyl (C=O) groups excluding carboxylic acids is 1. The van der Waals surface area contributed by atoms with E-state index >= 15 is 0 Å². The van der Waals surface area contributed by atoms with E-state index in [1.807, 2.05) is 23.1 Å². The Bertz CT molecular complexity index is 1000. The number of anilines is 1. The number of nitrogens with zero attached hydrogens (tertiary/aromatic N) is 3. The number of halogens is 1. The zero-order valence-electron chi connectivity index (χ0n) is 18.3. The maximum atomic E-state index is 13.5. The summed E-state index contributed by atoms with van der Waals surface area (Å²) in [6, 6.07) is 12.2. The van der Waals surface area contributed by atoms with Crippen molar-refractivity contribution >= 4 is 56.8 Å². The highest BCUT2D eigenvalue weighted by Gasteiger charge is 2.22. The molecular weight excluding hydrogens is 434 g/mol. The van der Waals surface area contributed by atoms with Crippen molar-refractivity contribution < 1.29 is 4.79 Å². The summed E-state index contributed by atoms with van der Waals surface area (Å²) in [5.74, 6) is 1.01. The van der Waals surface area contributed by atoms with Gasteiger partial charge < -0.3 is 4.90 Å². The lowest BCUT2D eigenvalue weighted by molar-refractivity contribution is 0.0986. The Morgan fingerprint density at radius 3 is 2.60 bits per heavy atom. The molecule has 1 aromatic heterocycles. The van der Waals surface area contributed by atoms with Crippen LogP contribution in [0, 0.1) is 13.8 Å². The van der Waals surface area contributed by atoms with E-state index in [-0.39, 0.29) is 18.3 Å². The number of aryl methyl sites for hydroxylation is 2. The van der Waals surface area contributed by atoms with E-state index < -0.39 is 0 Å². The van der Waals surface area contributed by atoms with Crippen LogP contribution in [-0.4, -0.2) is 48.7 Å². The van der Waals surface area contributed by atoms with Gasteiger partial charge in [-0.2, -0.15) is 0 Å². The SMILES string of the molecule is CCSc1cccc(C(=O)N(CCCN(C)C)c2nc3c(C)c(C)ccc3s2)c1.Cl. The molecule has 1 heterocycles. The summed E-state index contributed by atoms with van der Waals surface area (Å²) in [5, 5.41) is 0.783. The van der Waals surface area contributed by atoms with Gasteiger partial charge in [-0.05, 0) is 82.1 Å². The van der Waals surface area contributed by atoms with Crippen LogP contribution in [0.1, 0.15) is 34.8 Å². The molecule has 7 heteroatoms. The van der Waals surface area contributed by atoms with Crippen molar-refractivity contribution in [3.8, 4) is 0 Å². The van der Waals surface area contributed by atoms with Crippen LogP contribution in [0.5, 0.6) is 0 Å². The highest BCUT2D eigenvalue weighted by atomic mass is 35.5. The molecule has 0 saturated carbocycles. The van der Waals surface area contributed by atoms with Crippen molar-refractivity contribution in [2.24, 2.45) is 0 Å². The lowest BCUT2D eigenvalue weighted by Gasteiger charge is -2.21. The van der Waals surface area contributed by atoms with Crippen LogP contribution in [0.4, 0.5) is 5.13 Å². The maximum Gasteiger partial charge on any atom is 0.260 e. The first kappa shape index (κ1) is 24.7. The number of fused-ring (bicyclic) bond motifs is 1. The second-order valence-electron chi connectivity index (χ2n) is 7.43. The van der Waals surface area contributed by atoms with E-state index in [0.717, 1.165) is 44.5 Å². The number of carbonyl (C=O) groups is 1. The lowest BCUT2D eigenvalue weighted by atomic mass is 10.1. The normalized spacial score (nSPS) is 11.0. The third kappa shape index (κ3) is 5.76. The molecule has 30 heavy (non-hydrogen) atoms. The molecule has 1 amide bonds. The van der Waals surface area contributed by atoms with E-state index in [2.05, 4.69) is 58.0 Å². The molecule has 162 valence electrons. The van der Waals surface area contributed by atoms with E-state index in [4.69, 9.17) is 4.98 Å². The fourth-order valence-corrected chi connectivity index (χ4v) is 4.97. The topological polar surface area (TPSA) is 36.4 Å². The van der Waals surface area contributed by atoms with Gasteiger partial charge in [-0.15, -0.1) is 24.2 Å². The predicted octanol–water partition coefficient (Wildman–Crippen LogP) is 6.05. The summed E-state index contributed by atoms with van der Waals surface area (Å²) in [6.07, 6.45) is 0.899. The van der Waals surface area contributed by atoms with Crippen molar-refractivity contribution in [1.82, 2.24) is 9.88 Å². The van der Waals surface area contributed by atoms with Gasteiger partial charge >= 0.3 is 0 Å². The fourth-order valence-electron chi connectivity index (χ4n) is 3.20. The maximum absolute atomic E-state index is 13.5. The first-order chi connectivity index (χ1) is 13.9. The number of amides is 1. The molecule has 0 radical (unpaired) electrons. The second-order valence-corrected chi connectivity index (χ2v) is 9.77. The Kier molecular flexibility index (Phi) is 9.16. The second kappa shape index (κ2) is 11.1. The highest BCUT2D eigenvalue weighted by Crippen LogP contribution is 2.33. The minimum Gasteiger partial charge on any atom is -0.309 e. The first-order valence-corrected chi connectivity index (χ1v) is 11.8. The van der Waals surface area contributed by atoms with Crippen LogP contribution in [0.2, 0.25) is 0 Å². The summed E-state index contributed by atoms with van der Waals surface area (Å²) in [6.45, 7) is 7.91. The molecule has 2 aromatic carbocycles. The average Bonchev–Trinajstić information content (AvgIpc) is 3.13. The molecule has 0 atom stereocenters. The van der Waals surface area contributed by atoms with Crippen molar-refractivity contribution in [3.05, 3.63) is 53.1 Å². The van der Waals surface area contributed by atoms with E-state index in [1.165, 1.54) is 11.1 Å². The molecule has 0 unspecified atom stereocenters. The zero-order chi connectivity index (χ0) is 21.0. The van der Waals surface area contributed by atoms with Crippen LogP contribution in [0.15, 0.2) is 41.3 Å². The van der Waals surface area contributed by atoms with Gasteiger partial charge in [-0.25, -0.2) is 4.98 Å². The molecule has 0 aliphatic rings. The van der Waals surface area contributed by atoms with Gasteiger partial charge in [0.15, 0.2) is 5.13 Å². The predicted molar refractivity (Wildman–Crippen MR) is 134 cm³/mol. The smallest absolute Gasteiger partial charge is 0.260 e.